The van der Waals surface area contributed by atoms with Crippen molar-refractivity contribution in [1.29, 1.82) is 0 Å². The van der Waals surface area contributed by atoms with Crippen LogP contribution in [0.5, 0.6) is 0 Å². The van der Waals surface area contributed by atoms with Gasteiger partial charge in [-0.2, -0.15) is 13.2 Å². The highest BCUT2D eigenvalue weighted by Gasteiger charge is 2.41. The van der Waals surface area contributed by atoms with Gasteiger partial charge in [0.2, 0.25) is 0 Å². The van der Waals surface area contributed by atoms with Crippen LogP contribution in [0.3, 0.4) is 0 Å². The largest absolute Gasteiger partial charge is 0.416 e. The number of hydrogen-bond donors (Lipinski definition) is 1. The van der Waals surface area contributed by atoms with E-state index in [0.717, 1.165) is 29.2 Å². The van der Waals surface area contributed by atoms with Crippen molar-refractivity contribution in [2.24, 2.45) is 0 Å². The number of hydrogen-bond acceptors (Lipinski definition) is 4. The van der Waals surface area contributed by atoms with E-state index in [1.54, 1.807) is 41.8 Å². The van der Waals surface area contributed by atoms with Crippen molar-refractivity contribution < 1.29 is 22.8 Å². The zero-order valence-electron chi connectivity index (χ0n) is 14.7. The number of imide groups is 1. The van der Waals surface area contributed by atoms with Crippen molar-refractivity contribution in [3.05, 3.63) is 88.2 Å². The molecule has 29 heavy (non-hydrogen) atoms. The Morgan fingerprint density at radius 3 is 2.10 bits per heavy atom. The normalized spacial score (nSPS) is 14.7. The number of halogens is 3. The molecule has 0 spiro atoms. The van der Waals surface area contributed by atoms with Gasteiger partial charge in [-0.1, -0.05) is 24.3 Å². The molecule has 0 fully saturated rings. The molecule has 0 radical (unpaired) electrons. The van der Waals surface area contributed by atoms with E-state index in [1.165, 1.54) is 11.3 Å². The first-order valence-electron chi connectivity index (χ1n) is 8.52. The first-order chi connectivity index (χ1) is 13.9. The Bertz CT molecular complexity index is 1090. The fourth-order valence-electron chi connectivity index (χ4n) is 2.99. The summed E-state index contributed by atoms with van der Waals surface area (Å²) < 4.78 is 38.5. The highest BCUT2D eigenvalue weighted by Crippen LogP contribution is 2.37. The Balaban J connectivity index is 1.74. The van der Waals surface area contributed by atoms with Crippen LogP contribution in [-0.4, -0.2) is 11.8 Å². The van der Waals surface area contributed by atoms with Gasteiger partial charge in [-0.05, 0) is 47.8 Å². The molecule has 8 heteroatoms. The standard InChI is InChI=1S/C21H13F3N2O2S/c22-21(23,24)13-8-10-15(11-9-13)26-19(27)17(16-7-4-12-29-16)18(20(26)28)25-14-5-2-1-3-6-14/h1-12,25H. The minimum atomic E-state index is -4.50. The van der Waals surface area contributed by atoms with E-state index in [-0.39, 0.29) is 17.0 Å². The predicted octanol–water partition coefficient (Wildman–Crippen LogP) is 5.16. The minimum Gasteiger partial charge on any atom is -0.350 e. The zero-order chi connectivity index (χ0) is 20.6. The second-order valence-corrected chi connectivity index (χ2v) is 7.16. The van der Waals surface area contributed by atoms with Crippen LogP contribution in [0.15, 0.2) is 77.8 Å². The van der Waals surface area contributed by atoms with E-state index in [1.807, 2.05) is 6.07 Å². The molecule has 1 aliphatic rings. The number of anilines is 2. The average molecular weight is 414 g/mol. The van der Waals surface area contributed by atoms with Crippen molar-refractivity contribution in [2.45, 2.75) is 6.18 Å². The number of alkyl halides is 3. The van der Waals surface area contributed by atoms with Gasteiger partial charge in [0.05, 0.1) is 16.8 Å². The molecule has 1 aromatic heterocycles. The van der Waals surface area contributed by atoms with Crippen LogP contribution in [0.25, 0.3) is 5.57 Å². The van der Waals surface area contributed by atoms with Crippen LogP contribution in [0, 0.1) is 0 Å². The average Bonchev–Trinajstić information content (AvgIpc) is 3.29. The minimum absolute atomic E-state index is 0.0758. The second kappa shape index (κ2) is 7.21. The number of para-hydroxylation sites is 1. The van der Waals surface area contributed by atoms with E-state index in [4.69, 9.17) is 0 Å². The van der Waals surface area contributed by atoms with Gasteiger partial charge in [-0.3, -0.25) is 9.59 Å². The van der Waals surface area contributed by atoms with Gasteiger partial charge in [0.15, 0.2) is 0 Å². The maximum absolute atomic E-state index is 13.1. The fourth-order valence-corrected chi connectivity index (χ4v) is 3.76. The summed E-state index contributed by atoms with van der Waals surface area (Å²) >= 11 is 1.30. The summed E-state index contributed by atoms with van der Waals surface area (Å²) in [5.41, 5.74) is 0.116. The van der Waals surface area contributed by atoms with E-state index in [2.05, 4.69) is 5.32 Å². The topological polar surface area (TPSA) is 49.4 Å². The van der Waals surface area contributed by atoms with Crippen molar-refractivity contribution in [2.75, 3.05) is 10.2 Å². The Kier molecular flexibility index (Phi) is 4.71. The first kappa shape index (κ1) is 18.9. The molecule has 0 atom stereocenters. The highest BCUT2D eigenvalue weighted by molar-refractivity contribution is 7.11. The van der Waals surface area contributed by atoms with E-state index >= 15 is 0 Å². The summed E-state index contributed by atoms with van der Waals surface area (Å²) in [4.78, 5) is 27.6. The second-order valence-electron chi connectivity index (χ2n) is 6.21. The number of nitrogens with zero attached hydrogens (tertiary/aromatic N) is 1. The molecule has 3 aromatic rings. The third kappa shape index (κ3) is 3.54. The van der Waals surface area contributed by atoms with Crippen molar-refractivity contribution >= 4 is 40.1 Å². The zero-order valence-corrected chi connectivity index (χ0v) is 15.6. The predicted molar refractivity (Wildman–Crippen MR) is 105 cm³/mol. The van der Waals surface area contributed by atoms with Gasteiger partial charge in [0.1, 0.15) is 5.70 Å². The maximum atomic E-state index is 13.1. The molecule has 0 aliphatic carbocycles. The SMILES string of the molecule is O=C1C(Nc2ccccc2)=C(c2cccs2)C(=O)N1c1ccc(C(F)(F)F)cc1. The molecular weight excluding hydrogens is 401 g/mol. The number of carbonyl (C=O) groups is 2. The van der Waals surface area contributed by atoms with Crippen LogP contribution in [0.1, 0.15) is 10.4 Å². The van der Waals surface area contributed by atoms with Crippen molar-refractivity contribution in [3.8, 4) is 0 Å². The Labute approximate surface area is 167 Å². The number of benzene rings is 2. The number of rotatable bonds is 4. The summed E-state index contributed by atoms with van der Waals surface area (Å²) in [6.07, 6.45) is -4.50. The summed E-state index contributed by atoms with van der Waals surface area (Å²) in [6, 6.07) is 16.3. The molecule has 0 unspecified atom stereocenters. The monoisotopic (exact) mass is 414 g/mol. The lowest BCUT2D eigenvalue weighted by molar-refractivity contribution is -0.137. The van der Waals surface area contributed by atoms with Crippen LogP contribution in [0.4, 0.5) is 24.5 Å². The van der Waals surface area contributed by atoms with Gasteiger partial charge in [-0.15, -0.1) is 11.3 Å². The quantitative estimate of drug-likeness (QED) is 0.600. The lowest BCUT2D eigenvalue weighted by Crippen LogP contribution is -2.32. The smallest absolute Gasteiger partial charge is 0.350 e. The van der Waals surface area contributed by atoms with Gasteiger partial charge >= 0.3 is 6.18 Å². The molecule has 0 bridgehead atoms. The van der Waals surface area contributed by atoms with Crippen molar-refractivity contribution in [3.63, 3.8) is 0 Å². The summed E-state index contributed by atoms with van der Waals surface area (Å²) in [5.74, 6) is -1.21. The van der Waals surface area contributed by atoms with E-state index in [9.17, 15) is 22.8 Å². The van der Waals surface area contributed by atoms with E-state index < -0.39 is 23.6 Å². The Hall–Kier alpha value is -3.39. The number of carbonyl (C=O) groups excluding carboxylic acids is 2. The Morgan fingerprint density at radius 1 is 0.828 bits per heavy atom. The third-order valence-corrected chi connectivity index (χ3v) is 5.23. The molecule has 4 rings (SSSR count). The molecular formula is C21H13F3N2O2S. The van der Waals surface area contributed by atoms with Gasteiger partial charge in [-0.25, -0.2) is 4.90 Å². The van der Waals surface area contributed by atoms with Gasteiger partial charge in [0.25, 0.3) is 11.8 Å². The molecule has 1 N–H and O–H groups in total. The number of amides is 2. The lowest BCUT2D eigenvalue weighted by atomic mass is 10.1. The van der Waals surface area contributed by atoms with Crippen LogP contribution < -0.4 is 10.2 Å². The van der Waals surface area contributed by atoms with Gasteiger partial charge in [0, 0.05) is 10.6 Å². The van der Waals surface area contributed by atoms with Crippen LogP contribution in [0.2, 0.25) is 0 Å². The Morgan fingerprint density at radius 2 is 1.52 bits per heavy atom. The number of nitrogens with one attached hydrogen (secondary N) is 1. The molecule has 1 aliphatic heterocycles. The highest BCUT2D eigenvalue weighted by atomic mass is 32.1. The molecule has 4 nitrogen and oxygen atoms in total. The first-order valence-corrected chi connectivity index (χ1v) is 9.40. The molecule has 0 saturated carbocycles. The fraction of sp³-hybridized carbons (Fsp3) is 0.0476. The van der Waals surface area contributed by atoms with Crippen molar-refractivity contribution in [1.82, 2.24) is 0 Å². The molecule has 0 saturated heterocycles. The third-order valence-electron chi connectivity index (χ3n) is 4.35. The summed E-state index contributed by atoms with van der Waals surface area (Å²) in [5, 5.41) is 4.77. The molecule has 2 aromatic carbocycles. The molecule has 2 heterocycles. The molecule has 146 valence electrons. The summed E-state index contributed by atoms with van der Waals surface area (Å²) in [7, 11) is 0. The van der Waals surface area contributed by atoms with Gasteiger partial charge < -0.3 is 5.32 Å². The van der Waals surface area contributed by atoms with Crippen LogP contribution in [-0.2, 0) is 15.8 Å². The summed E-state index contributed by atoms with van der Waals surface area (Å²) in [6.45, 7) is 0. The lowest BCUT2D eigenvalue weighted by Gasteiger charge is -2.16. The van der Waals surface area contributed by atoms with Crippen LogP contribution >= 0.6 is 11.3 Å². The molecule has 2 amide bonds. The van der Waals surface area contributed by atoms with E-state index in [0.29, 0.717) is 10.6 Å². The number of thiophene rings is 1. The maximum Gasteiger partial charge on any atom is 0.416 e.